The van der Waals surface area contributed by atoms with Crippen LogP contribution in [0.4, 0.5) is 16.2 Å². The van der Waals surface area contributed by atoms with Crippen LogP contribution in [-0.2, 0) is 9.53 Å². The van der Waals surface area contributed by atoms with Crippen LogP contribution in [0.25, 0.3) is 0 Å². The lowest BCUT2D eigenvalue weighted by Gasteiger charge is -2.38. The van der Waals surface area contributed by atoms with Crippen molar-refractivity contribution in [3.8, 4) is 0 Å². The maximum atomic E-state index is 12.5. The maximum Gasteiger partial charge on any atom is 0.410 e. The van der Waals surface area contributed by atoms with Gasteiger partial charge in [-0.15, -0.1) is 0 Å². The van der Waals surface area contributed by atoms with E-state index in [9.17, 15) is 9.59 Å². The fourth-order valence-electron chi connectivity index (χ4n) is 3.53. The number of anilines is 2. The summed E-state index contributed by atoms with van der Waals surface area (Å²) >= 11 is 3.50. The second-order valence-corrected chi connectivity index (χ2v) is 8.82. The summed E-state index contributed by atoms with van der Waals surface area (Å²) in [5.74, 6) is 0.536. The molecule has 2 aliphatic rings. The molecule has 6 nitrogen and oxygen atoms in total. The van der Waals surface area contributed by atoms with Gasteiger partial charge in [0.25, 0.3) is 0 Å². The Morgan fingerprint density at radius 2 is 1.78 bits per heavy atom. The normalized spacial score (nSPS) is 21.0. The van der Waals surface area contributed by atoms with Crippen LogP contribution in [0.5, 0.6) is 0 Å². The molecule has 0 spiro atoms. The average Bonchev–Trinajstić information content (AvgIpc) is 3.01. The zero-order valence-corrected chi connectivity index (χ0v) is 17.9. The van der Waals surface area contributed by atoms with Gasteiger partial charge in [-0.05, 0) is 38.8 Å². The lowest BCUT2D eigenvalue weighted by molar-refractivity contribution is -0.117. The van der Waals surface area contributed by atoms with Gasteiger partial charge in [-0.3, -0.25) is 4.79 Å². The molecule has 1 unspecified atom stereocenters. The van der Waals surface area contributed by atoms with Crippen molar-refractivity contribution in [2.45, 2.75) is 32.8 Å². The van der Waals surface area contributed by atoms with Crippen LogP contribution in [0.2, 0.25) is 0 Å². The van der Waals surface area contributed by atoms with E-state index >= 15 is 0 Å². The van der Waals surface area contributed by atoms with Gasteiger partial charge in [0.05, 0.1) is 11.4 Å². The Balaban J connectivity index is 1.69. The van der Waals surface area contributed by atoms with Crippen LogP contribution < -0.4 is 9.80 Å². The summed E-state index contributed by atoms with van der Waals surface area (Å²) in [4.78, 5) is 30.7. The number of amides is 2. The van der Waals surface area contributed by atoms with Crippen molar-refractivity contribution in [1.82, 2.24) is 4.90 Å². The van der Waals surface area contributed by atoms with E-state index in [1.807, 2.05) is 43.9 Å². The predicted molar refractivity (Wildman–Crippen MR) is 111 cm³/mol. The van der Waals surface area contributed by atoms with Crippen LogP contribution in [0.15, 0.2) is 24.3 Å². The Morgan fingerprint density at radius 1 is 1.15 bits per heavy atom. The largest absolute Gasteiger partial charge is 0.444 e. The highest BCUT2D eigenvalue weighted by Gasteiger charge is 2.33. The van der Waals surface area contributed by atoms with Crippen molar-refractivity contribution in [2.24, 2.45) is 5.92 Å². The number of nitrogens with zero attached hydrogens (tertiary/aromatic N) is 3. The highest BCUT2D eigenvalue weighted by molar-refractivity contribution is 9.09. The zero-order valence-electron chi connectivity index (χ0n) is 16.3. The van der Waals surface area contributed by atoms with Crippen molar-refractivity contribution in [3.63, 3.8) is 0 Å². The van der Waals surface area contributed by atoms with E-state index in [4.69, 9.17) is 4.74 Å². The maximum absolute atomic E-state index is 12.5. The van der Waals surface area contributed by atoms with Crippen molar-refractivity contribution in [1.29, 1.82) is 0 Å². The Hall–Kier alpha value is -1.76. The molecule has 0 aromatic heterocycles. The molecule has 2 aliphatic heterocycles. The molecule has 0 saturated carbocycles. The fourth-order valence-corrected chi connectivity index (χ4v) is 3.97. The molecule has 7 heteroatoms. The third kappa shape index (κ3) is 4.75. The Bertz CT molecular complexity index is 696. The molecule has 27 heavy (non-hydrogen) atoms. The molecule has 1 aromatic carbocycles. The summed E-state index contributed by atoms with van der Waals surface area (Å²) in [6, 6.07) is 8.06. The smallest absolute Gasteiger partial charge is 0.410 e. The molecular weight excluding hydrogens is 410 g/mol. The topological polar surface area (TPSA) is 53.1 Å². The molecule has 1 aromatic rings. The third-order valence-corrected chi connectivity index (χ3v) is 5.78. The van der Waals surface area contributed by atoms with E-state index in [0.29, 0.717) is 25.4 Å². The van der Waals surface area contributed by atoms with Gasteiger partial charge in [0.2, 0.25) is 5.91 Å². The monoisotopic (exact) mass is 437 g/mol. The highest BCUT2D eigenvalue weighted by Crippen LogP contribution is 2.34. The molecule has 3 rings (SSSR count). The summed E-state index contributed by atoms with van der Waals surface area (Å²) in [5.41, 5.74) is 1.55. The van der Waals surface area contributed by atoms with Crippen LogP contribution >= 0.6 is 15.9 Å². The number of hydrogen-bond donors (Lipinski definition) is 0. The van der Waals surface area contributed by atoms with E-state index in [1.54, 1.807) is 4.90 Å². The van der Waals surface area contributed by atoms with Crippen molar-refractivity contribution < 1.29 is 14.3 Å². The minimum Gasteiger partial charge on any atom is -0.444 e. The summed E-state index contributed by atoms with van der Waals surface area (Å²) in [6.45, 7) is 9.06. The molecular formula is C20H28BrN3O3. The van der Waals surface area contributed by atoms with Gasteiger partial charge < -0.3 is 19.4 Å². The van der Waals surface area contributed by atoms with Crippen LogP contribution in [0.3, 0.4) is 0 Å². The standard InChI is InChI=1S/C20H28BrN3O3/c1-20(2,3)27-19(26)23-10-8-22(9-11-23)16-6-4-5-7-17(16)24-14-15(13-21)12-18(24)25/h4-7,15H,8-14H2,1-3H3. The minimum atomic E-state index is -0.483. The quantitative estimate of drug-likeness (QED) is 0.679. The second kappa shape index (κ2) is 8.09. The second-order valence-electron chi connectivity index (χ2n) is 8.17. The van der Waals surface area contributed by atoms with E-state index in [1.165, 1.54) is 0 Å². The Morgan fingerprint density at radius 3 is 2.33 bits per heavy atom. The first-order valence-electron chi connectivity index (χ1n) is 9.46. The molecule has 0 N–H and O–H groups in total. The molecule has 1 atom stereocenters. The molecule has 2 saturated heterocycles. The van der Waals surface area contributed by atoms with Gasteiger partial charge in [-0.1, -0.05) is 28.1 Å². The molecule has 0 radical (unpaired) electrons. The summed E-state index contributed by atoms with van der Waals surface area (Å²) in [7, 11) is 0. The molecule has 148 valence electrons. The first-order chi connectivity index (χ1) is 12.8. The van der Waals surface area contributed by atoms with Crippen LogP contribution in [0, 0.1) is 5.92 Å². The molecule has 2 fully saturated rings. The van der Waals surface area contributed by atoms with E-state index in [0.717, 1.165) is 36.3 Å². The van der Waals surface area contributed by atoms with Gasteiger partial charge in [0.15, 0.2) is 0 Å². The van der Waals surface area contributed by atoms with Crippen LogP contribution in [-0.4, -0.2) is 60.6 Å². The minimum absolute atomic E-state index is 0.180. The highest BCUT2D eigenvalue weighted by atomic mass is 79.9. The predicted octanol–water partition coefficient (Wildman–Crippen LogP) is 3.49. The first-order valence-corrected chi connectivity index (χ1v) is 10.6. The van der Waals surface area contributed by atoms with Gasteiger partial charge in [-0.2, -0.15) is 0 Å². The lowest BCUT2D eigenvalue weighted by Crippen LogP contribution is -2.50. The lowest BCUT2D eigenvalue weighted by atomic mass is 10.1. The number of hydrogen-bond acceptors (Lipinski definition) is 4. The van der Waals surface area contributed by atoms with Crippen molar-refractivity contribution >= 4 is 39.3 Å². The number of benzene rings is 1. The number of carbonyl (C=O) groups excluding carboxylic acids is 2. The number of carbonyl (C=O) groups is 2. The zero-order chi connectivity index (χ0) is 19.6. The number of piperazine rings is 1. The molecule has 0 bridgehead atoms. The van der Waals surface area contributed by atoms with Crippen LogP contribution in [0.1, 0.15) is 27.2 Å². The molecule has 2 heterocycles. The van der Waals surface area contributed by atoms with Crippen molar-refractivity contribution in [3.05, 3.63) is 24.3 Å². The van der Waals surface area contributed by atoms with E-state index in [2.05, 4.69) is 26.9 Å². The fraction of sp³-hybridized carbons (Fsp3) is 0.600. The SMILES string of the molecule is CC(C)(C)OC(=O)N1CCN(c2ccccc2N2CC(CBr)CC2=O)CC1. The van der Waals surface area contributed by atoms with Gasteiger partial charge in [-0.25, -0.2) is 4.79 Å². The molecule has 0 aliphatic carbocycles. The number of alkyl halides is 1. The van der Waals surface area contributed by atoms with Crippen molar-refractivity contribution in [2.75, 3.05) is 47.9 Å². The van der Waals surface area contributed by atoms with Gasteiger partial charge in [0, 0.05) is 44.5 Å². The molecule has 2 amide bonds. The number of halogens is 1. The summed E-state index contributed by atoms with van der Waals surface area (Å²) in [5, 5.41) is 0.839. The number of rotatable bonds is 3. The summed E-state index contributed by atoms with van der Waals surface area (Å²) in [6.07, 6.45) is 0.330. The Kier molecular flexibility index (Phi) is 5.99. The summed E-state index contributed by atoms with van der Waals surface area (Å²) < 4.78 is 5.47. The van der Waals surface area contributed by atoms with Gasteiger partial charge in [0.1, 0.15) is 5.60 Å². The van der Waals surface area contributed by atoms with E-state index < -0.39 is 5.60 Å². The third-order valence-electron chi connectivity index (χ3n) is 4.87. The number of para-hydroxylation sites is 2. The average molecular weight is 438 g/mol. The van der Waals surface area contributed by atoms with Gasteiger partial charge >= 0.3 is 6.09 Å². The number of ether oxygens (including phenoxy) is 1. The Labute approximate surface area is 169 Å². The first kappa shape index (κ1) is 20.0. The van der Waals surface area contributed by atoms with E-state index in [-0.39, 0.29) is 12.0 Å².